The molecular formula is C18H21ClO8. The quantitative estimate of drug-likeness (QED) is 0.318. The van der Waals surface area contributed by atoms with Crippen molar-refractivity contribution in [2.75, 3.05) is 0 Å². The van der Waals surface area contributed by atoms with Crippen LogP contribution >= 0.6 is 11.6 Å². The number of phenolic OH excluding ortho intramolecular Hbond substituents is 2. The van der Waals surface area contributed by atoms with Gasteiger partial charge in [-0.25, -0.2) is 4.79 Å². The number of hydrogen-bond acceptors (Lipinski definition) is 8. The summed E-state index contributed by atoms with van der Waals surface area (Å²) >= 11 is 6.01. The maximum atomic E-state index is 12.5. The summed E-state index contributed by atoms with van der Waals surface area (Å²) in [5, 5.41) is 49.3. The minimum absolute atomic E-state index is 0.00804. The number of esters is 1. The molecule has 2 rings (SSSR count). The number of fused-ring (bicyclic) bond motifs is 1. The predicted octanol–water partition coefficient (Wildman–Crippen LogP) is 0.841. The highest BCUT2D eigenvalue weighted by Crippen LogP contribution is 2.37. The van der Waals surface area contributed by atoms with Crippen LogP contribution in [0.4, 0.5) is 0 Å². The molecule has 4 atom stereocenters. The van der Waals surface area contributed by atoms with Crippen molar-refractivity contribution in [3.05, 3.63) is 34.4 Å². The highest BCUT2D eigenvalue weighted by molar-refractivity contribution is 6.33. The Morgan fingerprint density at radius 2 is 1.78 bits per heavy atom. The lowest BCUT2D eigenvalue weighted by molar-refractivity contribution is -0.121. The van der Waals surface area contributed by atoms with Crippen LogP contribution in [0.25, 0.3) is 0 Å². The molecule has 0 radical (unpaired) electrons. The Kier molecular flexibility index (Phi) is 6.83. The maximum absolute atomic E-state index is 12.5. The fraction of sp³-hybridized carbons (Fsp3) is 0.444. The van der Waals surface area contributed by atoms with E-state index in [-0.39, 0.29) is 22.6 Å². The molecule has 0 saturated carbocycles. The van der Waals surface area contributed by atoms with Gasteiger partial charge >= 0.3 is 5.97 Å². The lowest BCUT2D eigenvalue weighted by Crippen LogP contribution is -2.29. The van der Waals surface area contributed by atoms with Crippen LogP contribution in [-0.2, 0) is 16.0 Å². The number of hydrogen-bond donors (Lipinski definition) is 5. The highest BCUT2D eigenvalue weighted by atomic mass is 35.5. The van der Waals surface area contributed by atoms with Crippen LogP contribution < -0.4 is 0 Å². The first-order valence-corrected chi connectivity index (χ1v) is 8.66. The van der Waals surface area contributed by atoms with Crippen LogP contribution in [0.5, 0.6) is 11.5 Å². The lowest BCUT2D eigenvalue weighted by atomic mass is 9.96. The molecule has 0 amide bonds. The second-order valence-corrected chi connectivity index (χ2v) is 6.84. The Morgan fingerprint density at radius 1 is 1.11 bits per heavy atom. The second kappa shape index (κ2) is 8.71. The van der Waals surface area contributed by atoms with Crippen LogP contribution in [0.15, 0.2) is 18.2 Å². The first kappa shape index (κ1) is 21.2. The lowest BCUT2D eigenvalue weighted by Gasteiger charge is -2.20. The smallest absolute Gasteiger partial charge is 0.342 e. The zero-order valence-electron chi connectivity index (χ0n) is 14.5. The molecule has 1 heterocycles. The molecule has 0 bridgehead atoms. The first-order chi connectivity index (χ1) is 12.6. The van der Waals surface area contributed by atoms with E-state index >= 15 is 0 Å². The standard InChI is InChI=1S/C18H21ClO8/c1-8-4-9(20)2-3-12(22)13(23)6-10(21)5-11-16(18(26)27-8)14(24)7-15(25)17(11)19/h2-3,7-9,12-13,20,22-25H,4-6H2,1H3/t8-,9?,12?,13?/m1/s1. The number of ether oxygens (including phenoxy) is 1. The fourth-order valence-corrected chi connectivity index (χ4v) is 3.00. The van der Waals surface area contributed by atoms with Crippen molar-refractivity contribution >= 4 is 23.4 Å². The van der Waals surface area contributed by atoms with Crippen molar-refractivity contribution in [3.8, 4) is 11.5 Å². The Labute approximate surface area is 160 Å². The van der Waals surface area contributed by atoms with Gasteiger partial charge in [-0.2, -0.15) is 0 Å². The molecule has 3 unspecified atom stereocenters. The van der Waals surface area contributed by atoms with Crippen molar-refractivity contribution in [1.82, 2.24) is 0 Å². The zero-order chi connectivity index (χ0) is 20.3. The van der Waals surface area contributed by atoms with E-state index in [1.54, 1.807) is 0 Å². The Morgan fingerprint density at radius 3 is 2.44 bits per heavy atom. The molecule has 9 heteroatoms. The largest absolute Gasteiger partial charge is 0.507 e. The molecule has 1 aliphatic heterocycles. The van der Waals surface area contributed by atoms with E-state index in [1.807, 2.05) is 0 Å². The van der Waals surface area contributed by atoms with E-state index in [2.05, 4.69) is 0 Å². The number of cyclic esters (lactones) is 1. The molecule has 5 N–H and O–H groups in total. The van der Waals surface area contributed by atoms with Gasteiger partial charge < -0.3 is 30.3 Å². The molecule has 0 aliphatic carbocycles. The van der Waals surface area contributed by atoms with Gasteiger partial charge in [-0.15, -0.1) is 0 Å². The van der Waals surface area contributed by atoms with Gasteiger partial charge in [-0.1, -0.05) is 23.8 Å². The number of carbonyl (C=O) groups is 2. The number of phenols is 2. The minimum atomic E-state index is -1.44. The van der Waals surface area contributed by atoms with E-state index in [0.717, 1.165) is 12.1 Å². The molecule has 8 nitrogen and oxygen atoms in total. The van der Waals surface area contributed by atoms with Gasteiger partial charge in [0.1, 0.15) is 28.9 Å². The Balaban J connectivity index is 2.49. The van der Waals surface area contributed by atoms with Gasteiger partial charge in [-0.3, -0.25) is 4.79 Å². The number of halogens is 1. The van der Waals surface area contributed by atoms with Crippen LogP contribution in [-0.4, -0.2) is 61.7 Å². The summed E-state index contributed by atoms with van der Waals surface area (Å²) in [5.41, 5.74) is -0.527. The van der Waals surface area contributed by atoms with Gasteiger partial charge in [0, 0.05) is 30.9 Å². The highest BCUT2D eigenvalue weighted by Gasteiger charge is 2.28. The predicted molar refractivity (Wildman–Crippen MR) is 94.8 cm³/mol. The summed E-state index contributed by atoms with van der Waals surface area (Å²) in [6.45, 7) is 1.51. The number of aliphatic hydroxyl groups is 3. The normalized spacial score (nSPS) is 27.6. The van der Waals surface area contributed by atoms with Crippen LogP contribution in [0.3, 0.4) is 0 Å². The van der Waals surface area contributed by atoms with Crippen molar-refractivity contribution in [3.63, 3.8) is 0 Å². The van der Waals surface area contributed by atoms with E-state index in [0.29, 0.717) is 0 Å². The number of benzene rings is 1. The third-order valence-electron chi connectivity index (χ3n) is 4.14. The van der Waals surface area contributed by atoms with Crippen LogP contribution in [0.1, 0.15) is 35.7 Å². The molecule has 1 aromatic carbocycles. The minimum Gasteiger partial charge on any atom is -0.507 e. The molecular weight excluding hydrogens is 380 g/mol. The summed E-state index contributed by atoms with van der Waals surface area (Å²) in [6, 6.07) is 0.858. The zero-order valence-corrected chi connectivity index (χ0v) is 15.3. The first-order valence-electron chi connectivity index (χ1n) is 8.28. The SMILES string of the molecule is C[C@@H]1CC(O)C=CC(O)C(O)CC(=O)Cc2c(Cl)c(O)cc(O)c2C(=O)O1. The summed E-state index contributed by atoms with van der Waals surface area (Å²) in [6.07, 6.45) is -3.27. The van der Waals surface area contributed by atoms with E-state index in [1.165, 1.54) is 13.0 Å². The molecule has 0 saturated heterocycles. The van der Waals surface area contributed by atoms with Gasteiger partial charge in [0.25, 0.3) is 0 Å². The Bertz CT molecular complexity index is 760. The van der Waals surface area contributed by atoms with Crippen molar-refractivity contribution < 1.29 is 39.9 Å². The monoisotopic (exact) mass is 400 g/mol. The maximum Gasteiger partial charge on any atom is 0.342 e. The topological polar surface area (TPSA) is 145 Å². The average Bonchev–Trinajstić information content (AvgIpc) is 2.56. The van der Waals surface area contributed by atoms with Gasteiger partial charge in [0.05, 0.1) is 23.3 Å². The van der Waals surface area contributed by atoms with Crippen molar-refractivity contribution in [2.24, 2.45) is 0 Å². The molecule has 1 aromatic rings. The van der Waals surface area contributed by atoms with Crippen LogP contribution in [0.2, 0.25) is 5.02 Å². The van der Waals surface area contributed by atoms with Crippen LogP contribution in [0, 0.1) is 0 Å². The van der Waals surface area contributed by atoms with E-state index in [9.17, 15) is 35.1 Å². The summed E-state index contributed by atoms with van der Waals surface area (Å²) in [7, 11) is 0. The number of rotatable bonds is 0. The van der Waals surface area contributed by atoms with E-state index in [4.69, 9.17) is 16.3 Å². The fourth-order valence-electron chi connectivity index (χ4n) is 2.78. The van der Waals surface area contributed by atoms with Crippen molar-refractivity contribution in [1.29, 1.82) is 0 Å². The average molecular weight is 401 g/mol. The second-order valence-electron chi connectivity index (χ2n) is 6.46. The summed E-state index contributed by atoms with van der Waals surface area (Å²) < 4.78 is 5.19. The molecule has 148 valence electrons. The van der Waals surface area contributed by atoms with Gasteiger partial charge in [0.2, 0.25) is 0 Å². The number of aliphatic hydroxyl groups excluding tert-OH is 3. The number of Topliss-reactive ketones (excluding diaryl/α,β-unsaturated/α-hetero) is 1. The molecule has 1 aliphatic rings. The molecule has 27 heavy (non-hydrogen) atoms. The van der Waals surface area contributed by atoms with Gasteiger partial charge in [0.15, 0.2) is 0 Å². The molecule has 0 spiro atoms. The molecule has 0 aromatic heterocycles. The summed E-state index contributed by atoms with van der Waals surface area (Å²) in [4.78, 5) is 24.7. The number of aromatic hydroxyl groups is 2. The number of ketones is 1. The molecule has 0 fully saturated rings. The summed E-state index contributed by atoms with van der Waals surface area (Å²) in [5.74, 6) is -2.72. The van der Waals surface area contributed by atoms with E-state index < -0.39 is 60.5 Å². The van der Waals surface area contributed by atoms with Crippen molar-refractivity contribution in [2.45, 2.75) is 50.6 Å². The third-order valence-corrected chi connectivity index (χ3v) is 4.56. The number of carbonyl (C=O) groups excluding carboxylic acids is 2. The third kappa shape index (κ3) is 5.20. The Hall–Kier alpha value is -2.13. The van der Waals surface area contributed by atoms with Gasteiger partial charge in [-0.05, 0) is 6.92 Å².